The van der Waals surface area contributed by atoms with Crippen LogP contribution in [0.1, 0.15) is 29.3 Å². The molecule has 2 rings (SSSR count). The predicted octanol–water partition coefficient (Wildman–Crippen LogP) is 2.94. The van der Waals surface area contributed by atoms with Gasteiger partial charge in [0.15, 0.2) is 0 Å². The number of carbonyl (C=O) groups excluding carboxylic acids is 1. The van der Waals surface area contributed by atoms with Gasteiger partial charge < -0.3 is 9.84 Å². The van der Waals surface area contributed by atoms with Crippen LogP contribution in [-0.4, -0.2) is 23.8 Å². The highest BCUT2D eigenvalue weighted by molar-refractivity contribution is 5.95. The van der Waals surface area contributed by atoms with Crippen molar-refractivity contribution in [2.24, 2.45) is 5.10 Å². The van der Waals surface area contributed by atoms with E-state index in [2.05, 4.69) is 10.5 Å². The number of phenolic OH excluding ortho intramolecular Hbond substituents is 1. The van der Waals surface area contributed by atoms with Crippen LogP contribution < -0.4 is 10.2 Å². The van der Waals surface area contributed by atoms with E-state index in [1.54, 1.807) is 48.5 Å². The summed E-state index contributed by atoms with van der Waals surface area (Å²) in [6.45, 7) is 2.68. The summed E-state index contributed by atoms with van der Waals surface area (Å²) in [4.78, 5) is 11.9. The standard InChI is InChI=1S/C17H18N2O3/c1-2-11-22-15-9-7-13(8-10-15)17(21)19-18-12-14-5-3-4-6-16(14)20/h3-10,12,20H,2,11H2,1H3,(H,19,21)/b18-12-. The summed E-state index contributed by atoms with van der Waals surface area (Å²) in [7, 11) is 0. The van der Waals surface area contributed by atoms with Crippen LogP contribution in [0.5, 0.6) is 11.5 Å². The molecule has 0 heterocycles. The molecule has 0 aliphatic carbocycles. The minimum Gasteiger partial charge on any atom is -0.507 e. The molecule has 0 unspecified atom stereocenters. The minimum atomic E-state index is -0.325. The summed E-state index contributed by atoms with van der Waals surface area (Å²) < 4.78 is 5.45. The molecule has 0 fully saturated rings. The van der Waals surface area contributed by atoms with Gasteiger partial charge in [-0.15, -0.1) is 0 Å². The second kappa shape index (κ2) is 7.83. The smallest absolute Gasteiger partial charge is 0.271 e. The molecular weight excluding hydrogens is 280 g/mol. The summed E-state index contributed by atoms with van der Waals surface area (Å²) in [5.41, 5.74) is 3.43. The summed E-state index contributed by atoms with van der Waals surface area (Å²) in [6, 6.07) is 13.6. The number of aromatic hydroxyl groups is 1. The van der Waals surface area contributed by atoms with Crippen molar-refractivity contribution in [2.75, 3.05) is 6.61 Å². The van der Waals surface area contributed by atoms with E-state index in [4.69, 9.17) is 4.74 Å². The Balaban J connectivity index is 1.93. The van der Waals surface area contributed by atoms with Gasteiger partial charge in [0.2, 0.25) is 0 Å². The Bertz CT molecular complexity index is 651. The van der Waals surface area contributed by atoms with Crippen molar-refractivity contribution in [3.63, 3.8) is 0 Å². The molecule has 114 valence electrons. The molecule has 0 aromatic heterocycles. The lowest BCUT2D eigenvalue weighted by molar-refractivity contribution is 0.0955. The first-order valence-electron chi connectivity index (χ1n) is 7.05. The van der Waals surface area contributed by atoms with Crippen LogP contribution in [-0.2, 0) is 0 Å². The summed E-state index contributed by atoms with van der Waals surface area (Å²) >= 11 is 0. The third kappa shape index (κ3) is 4.34. The number of amides is 1. The Labute approximate surface area is 129 Å². The Morgan fingerprint density at radius 1 is 1.23 bits per heavy atom. The molecule has 2 N–H and O–H groups in total. The second-order valence-corrected chi connectivity index (χ2v) is 4.63. The summed E-state index contributed by atoms with van der Waals surface area (Å²) in [6.07, 6.45) is 2.33. The van der Waals surface area contributed by atoms with Crippen molar-refractivity contribution < 1.29 is 14.6 Å². The predicted molar refractivity (Wildman–Crippen MR) is 85.4 cm³/mol. The molecule has 0 spiro atoms. The van der Waals surface area contributed by atoms with Crippen molar-refractivity contribution in [3.05, 3.63) is 59.7 Å². The number of hydrogen-bond acceptors (Lipinski definition) is 4. The van der Waals surface area contributed by atoms with E-state index in [-0.39, 0.29) is 11.7 Å². The Morgan fingerprint density at radius 3 is 2.64 bits per heavy atom. The van der Waals surface area contributed by atoms with Crippen LogP contribution in [0.2, 0.25) is 0 Å². The van der Waals surface area contributed by atoms with Gasteiger partial charge >= 0.3 is 0 Å². The van der Waals surface area contributed by atoms with Gasteiger partial charge in [0, 0.05) is 11.1 Å². The molecule has 0 saturated carbocycles. The maximum atomic E-state index is 11.9. The molecule has 0 bridgehead atoms. The van der Waals surface area contributed by atoms with E-state index < -0.39 is 0 Å². The van der Waals surface area contributed by atoms with Crippen LogP contribution >= 0.6 is 0 Å². The van der Waals surface area contributed by atoms with Crippen LogP contribution in [0.4, 0.5) is 0 Å². The highest BCUT2D eigenvalue weighted by atomic mass is 16.5. The molecule has 0 atom stereocenters. The van der Waals surface area contributed by atoms with Gasteiger partial charge in [-0.2, -0.15) is 5.10 Å². The molecule has 0 aliphatic rings. The van der Waals surface area contributed by atoms with Crippen LogP contribution in [0, 0.1) is 0 Å². The third-order valence-corrected chi connectivity index (χ3v) is 2.90. The zero-order valence-electron chi connectivity index (χ0n) is 12.3. The lowest BCUT2D eigenvalue weighted by Crippen LogP contribution is -2.17. The first-order chi connectivity index (χ1) is 10.7. The monoisotopic (exact) mass is 298 g/mol. The van der Waals surface area contributed by atoms with E-state index >= 15 is 0 Å². The maximum absolute atomic E-state index is 11.9. The van der Waals surface area contributed by atoms with Crippen molar-refractivity contribution in [3.8, 4) is 11.5 Å². The van der Waals surface area contributed by atoms with E-state index in [0.717, 1.165) is 12.2 Å². The van der Waals surface area contributed by atoms with Gasteiger partial charge in [0.05, 0.1) is 12.8 Å². The molecule has 5 nitrogen and oxygen atoms in total. The van der Waals surface area contributed by atoms with E-state index in [9.17, 15) is 9.90 Å². The lowest BCUT2D eigenvalue weighted by Gasteiger charge is -2.05. The molecule has 5 heteroatoms. The Morgan fingerprint density at radius 2 is 1.95 bits per heavy atom. The summed E-state index contributed by atoms with van der Waals surface area (Å²) in [5, 5.41) is 13.4. The first-order valence-corrected chi connectivity index (χ1v) is 7.05. The quantitative estimate of drug-likeness (QED) is 0.636. The fourth-order valence-corrected chi connectivity index (χ4v) is 1.74. The van der Waals surface area contributed by atoms with Gasteiger partial charge in [0.1, 0.15) is 11.5 Å². The van der Waals surface area contributed by atoms with E-state index in [0.29, 0.717) is 17.7 Å². The molecule has 2 aromatic carbocycles. The molecule has 0 radical (unpaired) electrons. The number of rotatable bonds is 6. The number of carbonyl (C=O) groups is 1. The van der Waals surface area contributed by atoms with Gasteiger partial charge in [0.25, 0.3) is 5.91 Å². The van der Waals surface area contributed by atoms with Crippen LogP contribution in [0.25, 0.3) is 0 Å². The fraction of sp³-hybridized carbons (Fsp3) is 0.176. The largest absolute Gasteiger partial charge is 0.507 e. The number of benzene rings is 2. The highest BCUT2D eigenvalue weighted by Crippen LogP contribution is 2.13. The van der Waals surface area contributed by atoms with Crippen molar-refractivity contribution in [1.82, 2.24) is 5.43 Å². The van der Waals surface area contributed by atoms with Crippen molar-refractivity contribution >= 4 is 12.1 Å². The van der Waals surface area contributed by atoms with Crippen molar-refractivity contribution in [1.29, 1.82) is 0 Å². The van der Waals surface area contributed by atoms with Gasteiger partial charge in [-0.05, 0) is 42.8 Å². The molecule has 2 aromatic rings. The third-order valence-electron chi connectivity index (χ3n) is 2.90. The normalized spacial score (nSPS) is 10.6. The first kappa shape index (κ1) is 15.6. The lowest BCUT2D eigenvalue weighted by atomic mass is 10.2. The fourth-order valence-electron chi connectivity index (χ4n) is 1.74. The number of nitrogens with one attached hydrogen (secondary N) is 1. The summed E-state index contributed by atoms with van der Waals surface area (Å²) in [5.74, 6) is 0.516. The average molecular weight is 298 g/mol. The van der Waals surface area contributed by atoms with Crippen molar-refractivity contribution in [2.45, 2.75) is 13.3 Å². The van der Waals surface area contributed by atoms with Crippen LogP contribution in [0.3, 0.4) is 0 Å². The van der Waals surface area contributed by atoms with E-state index in [1.165, 1.54) is 6.21 Å². The van der Waals surface area contributed by atoms with Crippen LogP contribution in [0.15, 0.2) is 53.6 Å². The molecule has 0 saturated heterocycles. The topological polar surface area (TPSA) is 70.9 Å². The molecule has 1 amide bonds. The van der Waals surface area contributed by atoms with Gasteiger partial charge in [-0.3, -0.25) is 4.79 Å². The maximum Gasteiger partial charge on any atom is 0.271 e. The number of nitrogens with zero attached hydrogens (tertiary/aromatic N) is 1. The van der Waals surface area contributed by atoms with Gasteiger partial charge in [-0.1, -0.05) is 19.1 Å². The number of ether oxygens (including phenoxy) is 1. The molecule has 22 heavy (non-hydrogen) atoms. The molecule has 0 aliphatic heterocycles. The number of para-hydroxylation sites is 1. The second-order valence-electron chi connectivity index (χ2n) is 4.63. The SMILES string of the molecule is CCCOc1ccc(C(=O)N/N=C\c2ccccc2O)cc1. The number of hydrogen-bond donors (Lipinski definition) is 2. The number of phenols is 1. The highest BCUT2D eigenvalue weighted by Gasteiger charge is 2.04. The zero-order chi connectivity index (χ0) is 15.8. The average Bonchev–Trinajstić information content (AvgIpc) is 2.55. The molecular formula is C17H18N2O3. The Hall–Kier alpha value is -2.82. The van der Waals surface area contributed by atoms with E-state index in [1.807, 2.05) is 6.92 Å². The van der Waals surface area contributed by atoms with Gasteiger partial charge in [-0.25, -0.2) is 5.43 Å². The number of hydrazone groups is 1. The zero-order valence-corrected chi connectivity index (χ0v) is 12.3. The minimum absolute atomic E-state index is 0.109. The Kier molecular flexibility index (Phi) is 5.54.